The second-order valence-electron chi connectivity index (χ2n) is 6.67. The molecule has 1 aromatic carbocycles. The zero-order chi connectivity index (χ0) is 15.9. The van der Waals surface area contributed by atoms with Gasteiger partial charge in [0.15, 0.2) is 5.78 Å². The molecule has 21 heavy (non-hydrogen) atoms. The van der Waals surface area contributed by atoms with Crippen LogP contribution in [-0.4, -0.2) is 17.4 Å². The van der Waals surface area contributed by atoms with E-state index in [9.17, 15) is 4.79 Å². The van der Waals surface area contributed by atoms with Crippen molar-refractivity contribution in [1.82, 2.24) is 5.32 Å². The molecule has 0 unspecified atom stereocenters. The van der Waals surface area contributed by atoms with Crippen LogP contribution in [-0.2, 0) is 0 Å². The molecule has 0 aliphatic heterocycles. The van der Waals surface area contributed by atoms with Crippen LogP contribution in [0, 0.1) is 0 Å². The number of halogens is 1. The predicted molar refractivity (Wildman–Crippen MR) is 91.2 cm³/mol. The van der Waals surface area contributed by atoms with Gasteiger partial charge in [-0.25, -0.2) is 0 Å². The summed E-state index contributed by atoms with van der Waals surface area (Å²) in [6.45, 7) is 8.48. The highest BCUT2D eigenvalue weighted by molar-refractivity contribution is 6.31. The maximum Gasteiger partial charge on any atom is 0.179 e. The quantitative estimate of drug-likeness (QED) is 0.525. The monoisotopic (exact) mass is 309 g/mol. The van der Waals surface area contributed by atoms with Crippen molar-refractivity contribution in [3.63, 3.8) is 0 Å². The van der Waals surface area contributed by atoms with Crippen molar-refractivity contribution in [3.8, 4) is 0 Å². The Morgan fingerprint density at radius 1 is 1.24 bits per heavy atom. The Morgan fingerprint density at radius 2 is 1.95 bits per heavy atom. The van der Waals surface area contributed by atoms with Crippen LogP contribution in [0.4, 0.5) is 0 Å². The van der Waals surface area contributed by atoms with Crippen LogP contribution in [0.5, 0.6) is 0 Å². The van der Waals surface area contributed by atoms with Gasteiger partial charge in [0, 0.05) is 16.1 Å². The molecule has 0 aliphatic carbocycles. The molecule has 0 saturated heterocycles. The van der Waals surface area contributed by atoms with Crippen LogP contribution in [0.2, 0.25) is 5.02 Å². The lowest BCUT2D eigenvalue weighted by atomic mass is 9.95. The van der Waals surface area contributed by atoms with Gasteiger partial charge in [0.05, 0.1) is 6.04 Å². The molecule has 0 saturated carbocycles. The molecule has 0 aliphatic rings. The van der Waals surface area contributed by atoms with Crippen LogP contribution >= 0.6 is 11.6 Å². The van der Waals surface area contributed by atoms with Crippen molar-refractivity contribution in [2.45, 2.75) is 71.4 Å². The van der Waals surface area contributed by atoms with Crippen molar-refractivity contribution < 1.29 is 4.79 Å². The lowest BCUT2D eigenvalue weighted by Gasteiger charge is -2.28. The number of ketones is 1. The number of Topliss-reactive ketones (excluding diaryl/α,β-unsaturated/α-hetero) is 1. The van der Waals surface area contributed by atoms with E-state index < -0.39 is 0 Å². The number of hydrogen-bond donors (Lipinski definition) is 1. The van der Waals surface area contributed by atoms with Crippen LogP contribution in [0.3, 0.4) is 0 Å². The molecule has 0 bridgehead atoms. The lowest BCUT2D eigenvalue weighted by molar-refractivity contribution is 0.0918. The highest BCUT2D eigenvalue weighted by Crippen LogP contribution is 2.17. The highest BCUT2D eigenvalue weighted by atomic mass is 35.5. The van der Waals surface area contributed by atoms with E-state index in [2.05, 4.69) is 33.0 Å². The van der Waals surface area contributed by atoms with Gasteiger partial charge in [0.25, 0.3) is 0 Å². The maximum atomic E-state index is 12.7. The average Bonchev–Trinajstić information content (AvgIpc) is 2.40. The molecule has 0 spiro atoms. The Balaban J connectivity index is 2.76. The van der Waals surface area contributed by atoms with Crippen LogP contribution in [0.15, 0.2) is 24.3 Å². The molecule has 0 fully saturated rings. The summed E-state index contributed by atoms with van der Waals surface area (Å²) in [5, 5.41) is 4.07. The topological polar surface area (TPSA) is 29.1 Å². The molecule has 1 N–H and O–H groups in total. The van der Waals surface area contributed by atoms with Gasteiger partial charge >= 0.3 is 0 Å². The van der Waals surface area contributed by atoms with E-state index in [-0.39, 0.29) is 17.4 Å². The van der Waals surface area contributed by atoms with E-state index in [1.807, 2.05) is 12.1 Å². The molecule has 3 heteroatoms. The molecule has 0 radical (unpaired) electrons. The Bertz CT molecular complexity index is 451. The minimum atomic E-state index is -0.139. The number of rotatable bonds is 8. The maximum absolute atomic E-state index is 12.7. The van der Waals surface area contributed by atoms with Crippen molar-refractivity contribution in [2.75, 3.05) is 0 Å². The van der Waals surface area contributed by atoms with Gasteiger partial charge in [0.2, 0.25) is 0 Å². The Hall–Kier alpha value is -0.860. The second-order valence-corrected chi connectivity index (χ2v) is 7.11. The summed E-state index contributed by atoms with van der Waals surface area (Å²) in [6, 6.07) is 7.09. The summed E-state index contributed by atoms with van der Waals surface area (Å²) in [7, 11) is 0. The van der Waals surface area contributed by atoms with E-state index in [0.29, 0.717) is 10.6 Å². The molecule has 0 aromatic heterocycles. The predicted octanol–water partition coefficient (Wildman–Crippen LogP) is 5.25. The fourth-order valence-electron chi connectivity index (χ4n) is 2.41. The number of unbranched alkanes of at least 4 members (excludes halogenated alkanes) is 3. The number of hydrogen-bond acceptors (Lipinski definition) is 2. The summed E-state index contributed by atoms with van der Waals surface area (Å²) in [5.41, 5.74) is 0.615. The summed E-state index contributed by atoms with van der Waals surface area (Å²) in [4.78, 5) is 12.7. The van der Waals surface area contributed by atoms with Crippen molar-refractivity contribution in [3.05, 3.63) is 34.9 Å². The van der Waals surface area contributed by atoms with Gasteiger partial charge in [-0.1, -0.05) is 56.3 Å². The normalized spacial score (nSPS) is 13.2. The first-order chi connectivity index (χ1) is 9.83. The van der Waals surface area contributed by atoms with Gasteiger partial charge in [-0.05, 0) is 39.3 Å². The Labute approximate surface area is 134 Å². The molecule has 1 rings (SSSR count). The Kier molecular flexibility index (Phi) is 7.41. The third-order valence-electron chi connectivity index (χ3n) is 3.38. The standard InChI is InChI=1S/C18H28ClNO/c1-5-6-7-8-12-16(20-18(2,3)4)17(21)14-10-9-11-15(19)13-14/h9-11,13,16,20H,5-8,12H2,1-4H3/t16-/m0/s1. The molecule has 1 aromatic rings. The summed E-state index contributed by atoms with van der Waals surface area (Å²) in [5.74, 6) is 0.143. The lowest BCUT2D eigenvalue weighted by Crippen LogP contribution is -2.47. The zero-order valence-corrected chi connectivity index (χ0v) is 14.5. The molecule has 118 valence electrons. The number of carbonyl (C=O) groups excluding carboxylic acids is 1. The second kappa shape index (κ2) is 8.55. The van der Waals surface area contributed by atoms with E-state index in [1.54, 1.807) is 12.1 Å². The summed E-state index contributed by atoms with van der Waals surface area (Å²) < 4.78 is 0. The van der Waals surface area contributed by atoms with Crippen LogP contribution in [0.25, 0.3) is 0 Å². The van der Waals surface area contributed by atoms with Crippen LogP contribution in [0.1, 0.15) is 70.2 Å². The van der Waals surface area contributed by atoms with E-state index in [4.69, 9.17) is 11.6 Å². The number of carbonyl (C=O) groups is 1. The van der Waals surface area contributed by atoms with Crippen molar-refractivity contribution in [2.24, 2.45) is 0 Å². The minimum Gasteiger partial charge on any atom is -0.302 e. The molecule has 0 heterocycles. The Morgan fingerprint density at radius 3 is 2.52 bits per heavy atom. The SMILES string of the molecule is CCCCCC[C@H](NC(C)(C)C)C(=O)c1cccc(Cl)c1. The first-order valence-electron chi connectivity index (χ1n) is 7.91. The molecule has 1 atom stereocenters. The molecule has 0 amide bonds. The fraction of sp³-hybridized carbons (Fsp3) is 0.611. The van der Waals surface area contributed by atoms with E-state index >= 15 is 0 Å². The minimum absolute atomic E-state index is 0.0797. The average molecular weight is 310 g/mol. The third-order valence-corrected chi connectivity index (χ3v) is 3.61. The van der Waals surface area contributed by atoms with Gasteiger partial charge in [-0.3, -0.25) is 4.79 Å². The zero-order valence-electron chi connectivity index (χ0n) is 13.7. The smallest absolute Gasteiger partial charge is 0.179 e. The van der Waals surface area contributed by atoms with Gasteiger partial charge in [-0.2, -0.15) is 0 Å². The van der Waals surface area contributed by atoms with Crippen molar-refractivity contribution >= 4 is 17.4 Å². The first-order valence-corrected chi connectivity index (χ1v) is 8.29. The number of benzene rings is 1. The molecule has 2 nitrogen and oxygen atoms in total. The molecular weight excluding hydrogens is 282 g/mol. The van der Waals surface area contributed by atoms with E-state index in [1.165, 1.54) is 19.3 Å². The summed E-state index contributed by atoms with van der Waals surface area (Å²) >= 11 is 6.00. The first kappa shape index (κ1) is 18.2. The van der Waals surface area contributed by atoms with E-state index in [0.717, 1.165) is 12.8 Å². The fourth-order valence-corrected chi connectivity index (χ4v) is 2.60. The molecular formula is C18H28ClNO. The van der Waals surface area contributed by atoms with Crippen molar-refractivity contribution in [1.29, 1.82) is 0 Å². The van der Waals surface area contributed by atoms with Crippen LogP contribution < -0.4 is 5.32 Å². The summed E-state index contributed by atoms with van der Waals surface area (Å²) in [6.07, 6.45) is 5.57. The van der Waals surface area contributed by atoms with Gasteiger partial charge in [-0.15, -0.1) is 0 Å². The van der Waals surface area contributed by atoms with Gasteiger partial charge in [0.1, 0.15) is 0 Å². The third kappa shape index (κ3) is 7.10. The highest BCUT2D eigenvalue weighted by Gasteiger charge is 2.24. The largest absolute Gasteiger partial charge is 0.302 e. The number of nitrogens with one attached hydrogen (secondary N) is 1. The van der Waals surface area contributed by atoms with Gasteiger partial charge < -0.3 is 5.32 Å².